The number of aryl methyl sites for hydroxylation is 2. The van der Waals surface area contributed by atoms with Crippen molar-refractivity contribution in [1.29, 1.82) is 0 Å². The zero-order valence-electron chi connectivity index (χ0n) is 19.8. The van der Waals surface area contributed by atoms with Crippen LogP contribution in [0.5, 0.6) is 0 Å². The van der Waals surface area contributed by atoms with Crippen molar-refractivity contribution in [2.45, 2.75) is 51.2 Å². The van der Waals surface area contributed by atoms with Gasteiger partial charge in [0.15, 0.2) is 5.78 Å². The van der Waals surface area contributed by atoms with Gasteiger partial charge >= 0.3 is 0 Å². The molecular weight excluding hydrogens is 458 g/mol. The van der Waals surface area contributed by atoms with E-state index in [4.69, 9.17) is 9.97 Å². The van der Waals surface area contributed by atoms with Gasteiger partial charge in [0.1, 0.15) is 5.82 Å². The van der Waals surface area contributed by atoms with Crippen LogP contribution < -0.4 is 16.0 Å². The minimum Gasteiger partial charge on any atom is -0.340 e. The molecule has 1 aliphatic heterocycles. The summed E-state index contributed by atoms with van der Waals surface area (Å²) in [7, 11) is 0. The van der Waals surface area contributed by atoms with E-state index in [1.54, 1.807) is 0 Å². The van der Waals surface area contributed by atoms with Gasteiger partial charge in [-0.25, -0.2) is 4.98 Å². The molecule has 180 valence electrons. The van der Waals surface area contributed by atoms with Crippen molar-refractivity contribution in [1.82, 2.24) is 9.97 Å². The molecule has 8 heteroatoms. The molecule has 2 heterocycles. The number of nitrogens with one attached hydrogen (secondary N) is 3. The molecule has 5 rings (SSSR count). The lowest BCUT2D eigenvalue weighted by Crippen LogP contribution is -2.14. The highest BCUT2D eigenvalue weighted by molar-refractivity contribution is 7.98. The molecular formula is C27H29N5O2S. The fourth-order valence-electron chi connectivity index (χ4n) is 4.51. The fraction of sp³-hybridized carbons (Fsp3) is 0.333. The topological polar surface area (TPSA) is 96.0 Å². The molecule has 0 atom stereocenters. The van der Waals surface area contributed by atoms with Crippen LogP contribution in [0.1, 0.15) is 59.8 Å². The standard InChI is InChI=1S/C27H29N5O2S/c1-2-5-25(34)28-18-7-4-8-19(15-18)29-26-22-16-35-13-12-23(22)31-27(32-26)30-20-10-11-21-17(14-20)6-3-9-24(21)33/h4,7-8,10-11,14-15H,2-3,5-6,9,12-13,16H2,1H3,(H,28,34)(H2,29,30,31,32). The SMILES string of the molecule is CCCC(=O)Nc1cccc(Nc2nc(Nc3ccc4c(c3)CCCC4=O)nc3c2CSCC3)c1. The van der Waals surface area contributed by atoms with Gasteiger partial charge in [-0.05, 0) is 73.4 Å². The molecule has 0 spiro atoms. The summed E-state index contributed by atoms with van der Waals surface area (Å²) in [5, 5.41) is 9.77. The minimum atomic E-state index is 0.0127. The molecule has 0 radical (unpaired) electrons. The highest BCUT2D eigenvalue weighted by Gasteiger charge is 2.20. The summed E-state index contributed by atoms with van der Waals surface area (Å²) in [6.45, 7) is 1.99. The Morgan fingerprint density at radius 2 is 1.86 bits per heavy atom. The first kappa shape index (κ1) is 23.4. The van der Waals surface area contributed by atoms with Gasteiger partial charge in [0.2, 0.25) is 11.9 Å². The van der Waals surface area contributed by atoms with Crippen molar-refractivity contribution in [3.05, 3.63) is 64.8 Å². The average Bonchev–Trinajstić information content (AvgIpc) is 2.84. The molecule has 1 amide bonds. The summed E-state index contributed by atoms with van der Waals surface area (Å²) in [5.41, 5.74) is 6.57. The van der Waals surface area contributed by atoms with Gasteiger partial charge in [0, 0.05) is 46.8 Å². The van der Waals surface area contributed by atoms with Crippen LogP contribution in [0.3, 0.4) is 0 Å². The third-order valence-electron chi connectivity index (χ3n) is 6.22. The summed E-state index contributed by atoms with van der Waals surface area (Å²) in [4.78, 5) is 33.8. The second kappa shape index (κ2) is 10.5. The first-order chi connectivity index (χ1) is 17.1. The number of hydrogen-bond acceptors (Lipinski definition) is 7. The third-order valence-corrected chi connectivity index (χ3v) is 7.21. The number of carbonyl (C=O) groups is 2. The second-order valence-electron chi connectivity index (χ2n) is 8.90. The zero-order valence-corrected chi connectivity index (χ0v) is 20.6. The van der Waals surface area contributed by atoms with Crippen molar-refractivity contribution in [2.24, 2.45) is 0 Å². The van der Waals surface area contributed by atoms with E-state index in [0.29, 0.717) is 18.8 Å². The summed E-state index contributed by atoms with van der Waals surface area (Å²) in [5.74, 6) is 3.43. The second-order valence-corrected chi connectivity index (χ2v) is 10.0. The Labute approximate surface area is 209 Å². The lowest BCUT2D eigenvalue weighted by Gasteiger charge is -2.21. The largest absolute Gasteiger partial charge is 0.340 e. The number of fused-ring (bicyclic) bond motifs is 2. The molecule has 0 fully saturated rings. The summed E-state index contributed by atoms with van der Waals surface area (Å²) >= 11 is 1.88. The van der Waals surface area contributed by atoms with Gasteiger partial charge in [-0.2, -0.15) is 16.7 Å². The van der Waals surface area contributed by atoms with Gasteiger partial charge in [-0.1, -0.05) is 13.0 Å². The predicted octanol–water partition coefficient (Wildman–Crippen LogP) is 6.01. The molecule has 0 saturated heterocycles. The molecule has 0 bridgehead atoms. The maximum Gasteiger partial charge on any atom is 0.229 e. The first-order valence-corrected chi connectivity index (χ1v) is 13.3. The van der Waals surface area contributed by atoms with Crippen LogP contribution in [0, 0.1) is 0 Å². The van der Waals surface area contributed by atoms with Gasteiger partial charge in [-0.15, -0.1) is 0 Å². The Morgan fingerprint density at radius 3 is 2.74 bits per heavy atom. The normalized spacial score (nSPS) is 14.6. The first-order valence-electron chi connectivity index (χ1n) is 12.2. The Morgan fingerprint density at radius 1 is 1.00 bits per heavy atom. The quantitative estimate of drug-likeness (QED) is 0.375. The highest BCUT2D eigenvalue weighted by atomic mass is 32.2. The highest BCUT2D eigenvalue weighted by Crippen LogP contribution is 2.33. The summed E-state index contributed by atoms with van der Waals surface area (Å²) in [6, 6.07) is 13.6. The summed E-state index contributed by atoms with van der Waals surface area (Å²) in [6.07, 6.45) is 4.64. The Bertz CT molecular complexity index is 1280. The van der Waals surface area contributed by atoms with E-state index < -0.39 is 0 Å². The number of Topliss-reactive ketones (excluding diaryl/α,β-unsaturated/α-hetero) is 1. The summed E-state index contributed by atoms with van der Waals surface area (Å²) < 4.78 is 0. The van der Waals surface area contributed by atoms with Gasteiger partial charge < -0.3 is 16.0 Å². The minimum absolute atomic E-state index is 0.0127. The Hall–Kier alpha value is -3.39. The van der Waals surface area contributed by atoms with Crippen LogP contribution in [0.25, 0.3) is 0 Å². The average molecular weight is 488 g/mol. The molecule has 1 aromatic heterocycles. The number of carbonyl (C=O) groups excluding carboxylic acids is 2. The van der Waals surface area contributed by atoms with Crippen LogP contribution in [0.15, 0.2) is 42.5 Å². The fourth-order valence-corrected chi connectivity index (χ4v) is 5.50. The molecule has 3 N–H and O–H groups in total. The molecule has 35 heavy (non-hydrogen) atoms. The lowest BCUT2D eigenvalue weighted by atomic mass is 9.90. The van der Waals surface area contributed by atoms with E-state index >= 15 is 0 Å². The number of thioether (sulfide) groups is 1. The van der Waals surface area contributed by atoms with E-state index in [9.17, 15) is 9.59 Å². The number of rotatable bonds is 7. The number of hydrogen-bond donors (Lipinski definition) is 3. The van der Waals surface area contributed by atoms with Crippen molar-refractivity contribution in [2.75, 3.05) is 21.7 Å². The molecule has 0 saturated carbocycles. The van der Waals surface area contributed by atoms with Crippen LogP contribution >= 0.6 is 11.8 Å². The maximum absolute atomic E-state index is 12.2. The van der Waals surface area contributed by atoms with E-state index in [0.717, 1.165) is 82.5 Å². The molecule has 1 aliphatic carbocycles. The van der Waals surface area contributed by atoms with Crippen molar-refractivity contribution in [3.63, 3.8) is 0 Å². The van der Waals surface area contributed by atoms with Crippen LogP contribution in [-0.4, -0.2) is 27.4 Å². The molecule has 2 aliphatic rings. The number of ketones is 1. The van der Waals surface area contributed by atoms with E-state index in [2.05, 4.69) is 16.0 Å². The number of benzene rings is 2. The van der Waals surface area contributed by atoms with Crippen molar-refractivity contribution >= 4 is 52.3 Å². The van der Waals surface area contributed by atoms with E-state index in [1.807, 2.05) is 61.2 Å². The smallest absolute Gasteiger partial charge is 0.229 e. The predicted molar refractivity (Wildman–Crippen MR) is 142 cm³/mol. The Balaban J connectivity index is 1.41. The molecule has 7 nitrogen and oxygen atoms in total. The molecule has 2 aromatic carbocycles. The zero-order chi connectivity index (χ0) is 24.2. The van der Waals surface area contributed by atoms with Crippen LogP contribution in [-0.2, 0) is 23.4 Å². The third kappa shape index (κ3) is 5.48. The van der Waals surface area contributed by atoms with Gasteiger partial charge in [-0.3, -0.25) is 9.59 Å². The van der Waals surface area contributed by atoms with Crippen LogP contribution in [0.2, 0.25) is 0 Å². The molecule has 0 unspecified atom stereocenters. The maximum atomic E-state index is 12.2. The monoisotopic (exact) mass is 487 g/mol. The number of amides is 1. The van der Waals surface area contributed by atoms with E-state index in [1.165, 1.54) is 0 Å². The van der Waals surface area contributed by atoms with Crippen LogP contribution in [0.4, 0.5) is 28.8 Å². The lowest BCUT2D eigenvalue weighted by molar-refractivity contribution is -0.116. The van der Waals surface area contributed by atoms with Gasteiger partial charge in [0.05, 0.1) is 5.69 Å². The van der Waals surface area contributed by atoms with Crippen molar-refractivity contribution < 1.29 is 9.59 Å². The molecule has 3 aromatic rings. The van der Waals surface area contributed by atoms with E-state index in [-0.39, 0.29) is 11.7 Å². The number of nitrogens with zero attached hydrogens (tertiary/aromatic N) is 2. The number of anilines is 5. The van der Waals surface area contributed by atoms with Gasteiger partial charge in [0.25, 0.3) is 0 Å². The Kier molecular flexibility index (Phi) is 6.99. The van der Waals surface area contributed by atoms with Crippen molar-refractivity contribution in [3.8, 4) is 0 Å². The number of aromatic nitrogens is 2.